The molecule has 0 aromatic heterocycles. The molecule has 80 valence electrons. The third kappa shape index (κ3) is 1.20. The fraction of sp³-hybridized carbons (Fsp3) is 0.636. The molecule has 0 aliphatic carbocycles. The van der Waals surface area contributed by atoms with Crippen molar-refractivity contribution in [1.29, 1.82) is 0 Å². The van der Waals surface area contributed by atoms with Crippen molar-refractivity contribution in [3.63, 3.8) is 0 Å². The highest BCUT2D eigenvalue weighted by Gasteiger charge is 2.40. The topological polar surface area (TPSA) is 46.6 Å². The van der Waals surface area contributed by atoms with Gasteiger partial charge in [-0.2, -0.15) is 0 Å². The summed E-state index contributed by atoms with van der Waals surface area (Å²) in [6, 6.07) is 0.333. The summed E-state index contributed by atoms with van der Waals surface area (Å²) < 4.78 is 5.27. The molecule has 0 spiro atoms. The molecule has 0 saturated carbocycles. The van der Waals surface area contributed by atoms with Gasteiger partial charge < -0.3 is 9.64 Å². The summed E-state index contributed by atoms with van der Waals surface area (Å²) in [6.45, 7) is 0.864. The van der Waals surface area contributed by atoms with Crippen molar-refractivity contribution in [3.8, 4) is 0 Å². The molecular weight excluding hydrogens is 194 g/mol. The Morgan fingerprint density at radius 2 is 2.13 bits per heavy atom. The molecule has 0 bridgehead atoms. The molecule has 3 aliphatic rings. The van der Waals surface area contributed by atoms with Crippen molar-refractivity contribution < 1.29 is 14.3 Å². The summed E-state index contributed by atoms with van der Waals surface area (Å²) in [5, 5.41) is 0. The van der Waals surface area contributed by atoms with Crippen LogP contribution in [-0.2, 0) is 14.3 Å². The minimum absolute atomic E-state index is 0.0644. The number of Topliss-reactive ketones (excluding diaryl/α,β-unsaturated/α-hetero) is 1. The molecule has 0 aromatic rings. The Kier molecular flexibility index (Phi) is 1.84. The predicted molar refractivity (Wildman–Crippen MR) is 52.0 cm³/mol. The quantitative estimate of drug-likeness (QED) is 0.547. The SMILES string of the molecule is O=C1COC2=C1C(=O)N1CCC[C@H]1CC2. The van der Waals surface area contributed by atoms with E-state index in [9.17, 15) is 9.59 Å². The van der Waals surface area contributed by atoms with Gasteiger partial charge in [-0.3, -0.25) is 9.59 Å². The lowest BCUT2D eigenvalue weighted by molar-refractivity contribution is -0.130. The maximum Gasteiger partial charge on any atom is 0.261 e. The molecule has 15 heavy (non-hydrogen) atoms. The molecule has 1 fully saturated rings. The Bertz CT molecular complexity index is 372. The zero-order chi connectivity index (χ0) is 10.4. The van der Waals surface area contributed by atoms with Crippen LogP contribution in [0, 0.1) is 0 Å². The van der Waals surface area contributed by atoms with Crippen LogP contribution in [0.4, 0.5) is 0 Å². The molecule has 3 rings (SSSR count). The molecule has 0 unspecified atom stereocenters. The zero-order valence-electron chi connectivity index (χ0n) is 8.49. The second-order valence-electron chi connectivity index (χ2n) is 4.34. The van der Waals surface area contributed by atoms with E-state index in [1.54, 1.807) is 0 Å². The van der Waals surface area contributed by atoms with Crippen molar-refractivity contribution >= 4 is 11.7 Å². The molecule has 4 nitrogen and oxygen atoms in total. The van der Waals surface area contributed by atoms with Crippen molar-refractivity contribution in [3.05, 3.63) is 11.3 Å². The van der Waals surface area contributed by atoms with Gasteiger partial charge >= 0.3 is 0 Å². The predicted octanol–water partition coefficient (Wildman–Crippen LogP) is 0.625. The van der Waals surface area contributed by atoms with E-state index in [2.05, 4.69) is 0 Å². The number of fused-ring (bicyclic) bond motifs is 1. The number of hydrogen-bond donors (Lipinski definition) is 0. The molecule has 1 saturated heterocycles. The van der Waals surface area contributed by atoms with E-state index in [1.807, 2.05) is 4.90 Å². The van der Waals surface area contributed by atoms with Gasteiger partial charge in [-0.25, -0.2) is 0 Å². The van der Waals surface area contributed by atoms with E-state index in [4.69, 9.17) is 4.74 Å². The van der Waals surface area contributed by atoms with Crippen LogP contribution in [0.5, 0.6) is 0 Å². The molecule has 0 aromatic carbocycles. The van der Waals surface area contributed by atoms with Gasteiger partial charge in [0, 0.05) is 19.0 Å². The number of ether oxygens (including phenoxy) is 1. The molecule has 4 heteroatoms. The lowest BCUT2D eigenvalue weighted by atomic mass is 10.1. The Morgan fingerprint density at radius 1 is 1.27 bits per heavy atom. The van der Waals surface area contributed by atoms with Crippen LogP contribution < -0.4 is 0 Å². The smallest absolute Gasteiger partial charge is 0.261 e. The number of hydrogen-bond acceptors (Lipinski definition) is 3. The van der Waals surface area contributed by atoms with Crippen LogP contribution in [0.1, 0.15) is 25.7 Å². The van der Waals surface area contributed by atoms with Gasteiger partial charge in [0.05, 0.1) is 0 Å². The number of carbonyl (C=O) groups excluding carboxylic acids is 2. The number of amides is 1. The van der Waals surface area contributed by atoms with Crippen molar-refractivity contribution in [2.75, 3.05) is 13.2 Å². The second kappa shape index (κ2) is 3.08. The first kappa shape index (κ1) is 8.95. The largest absolute Gasteiger partial charge is 0.489 e. The zero-order valence-corrected chi connectivity index (χ0v) is 8.49. The standard InChI is InChI=1S/C11H13NO3/c13-8-6-15-9-4-3-7-2-1-5-12(7)11(14)10(8)9/h7H,1-6H2/t7-/m0/s1. The molecule has 3 aliphatic heterocycles. The minimum atomic E-state index is -0.137. The van der Waals surface area contributed by atoms with Gasteiger partial charge in [0.25, 0.3) is 5.91 Å². The van der Waals surface area contributed by atoms with Gasteiger partial charge in [0.2, 0.25) is 5.78 Å². The Labute approximate surface area is 87.9 Å². The molecule has 1 amide bonds. The van der Waals surface area contributed by atoms with E-state index in [-0.39, 0.29) is 18.3 Å². The first-order valence-electron chi connectivity index (χ1n) is 5.47. The van der Waals surface area contributed by atoms with Crippen molar-refractivity contribution in [1.82, 2.24) is 4.90 Å². The number of allylic oxidation sites excluding steroid dienone is 1. The first-order chi connectivity index (χ1) is 7.27. The summed E-state index contributed by atoms with van der Waals surface area (Å²) >= 11 is 0. The van der Waals surface area contributed by atoms with Gasteiger partial charge in [0.1, 0.15) is 11.3 Å². The van der Waals surface area contributed by atoms with E-state index in [0.717, 1.165) is 32.2 Å². The van der Waals surface area contributed by atoms with Gasteiger partial charge in [-0.05, 0) is 19.3 Å². The summed E-state index contributed by atoms with van der Waals surface area (Å²) in [4.78, 5) is 25.5. The third-order valence-electron chi connectivity index (χ3n) is 3.49. The monoisotopic (exact) mass is 207 g/mol. The normalized spacial score (nSPS) is 30.1. The summed E-state index contributed by atoms with van der Waals surface area (Å²) in [7, 11) is 0. The van der Waals surface area contributed by atoms with Crippen molar-refractivity contribution in [2.24, 2.45) is 0 Å². The highest BCUT2D eigenvalue weighted by atomic mass is 16.5. The molecule has 3 heterocycles. The van der Waals surface area contributed by atoms with Gasteiger partial charge in [-0.1, -0.05) is 0 Å². The lowest BCUT2D eigenvalue weighted by Crippen LogP contribution is -2.36. The highest BCUT2D eigenvalue weighted by Crippen LogP contribution is 2.33. The van der Waals surface area contributed by atoms with Crippen LogP contribution >= 0.6 is 0 Å². The van der Waals surface area contributed by atoms with Crippen LogP contribution in [0.25, 0.3) is 0 Å². The number of ketones is 1. The lowest BCUT2D eigenvalue weighted by Gasteiger charge is -2.22. The fourth-order valence-electron chi connectivity index (χ4n) is 2.73. The maximum atomic E-state index is 12.1. The van der Waals surface area contributed by atoms with Crippen LogP contribution in [0.15, 0.2) is 11.3 Å². The average Bonchev–Trinajstić information content (AvgIpc) is 2.78. The average molecular weight is 207 g/mol. The Hall–Kier alpha value is -1.32. The van der Waals surface area contributed by atoms with Crippen molar-refractivity contribution in [2.45, 2.75) is 31.7 Å². The van der Waals surface area contributed by atoms with Crippen LogP contribution in [-0.4, -0.2) is 35.8 Å². The highest BCUT2D eigenvalue weighted by molar-refractivity contribution is 6.21. The summed E-state index contributed by atoms with van der Waals surface area (Å²) in [5.41, 5.74) is 0.333. The second-order valence-corrected chi connectivity index (χ2v) is 4.34. The van der Waals surface area contributed by atoms with E-state index < -0.39 is 0 Å². The number of rotatable bonds is 0. The molecule has 0 N–H and O–H groups in total. The Balaban J connectivity index is 1.99. The Morgan fingerprint density at radius 3 is 3.00 bits per heavy atom. The summed E-state index contributed by atoms with van der Waals surface area (Å²) in [5.74, 6) is 0.412. The van der Waals surface area contributed by atoms with Crippen LogP contribution in [0.2, 0.25) is 0 Å². The minimum Gasteiger partial charge on any atom is -0.489 e. The fourth-order valence-corrected chi connectivity index (χ4v) is 2.73. The van der Waals surface area contributed by atoms with E-state index >= 15 is 0 Å². The number of nitrogens with zero attached hydrogens (tertiary/aromatic N) is 1. The molecular formula is C11H13NO3. The van der Waals surface area contributed by atoms with Gasteiger partial charge in [-0.15, -0.1) is 0 Å². The van der Waals surface area contributed by atoms with Crippen LogP contribution in [0.3, 0.4) is 0 Å². The number of carbonyl (C=O) groups is 2. The molecule has 1 atom stereocenters. The summed E-state index contributed by atoms with van der Waals surface area (Å²) in [6.07, 6.45) is 3.82. The first-order valence-corrected chi connectivity index (χ1v) is 5.47. The van der Waals surface area contributed by atoms with Gasteiger partial charge in [0.15, 0.2) is 6.61 Å². The van der Waals surface area contributed by atoms with E-state index in [0.29, 0.717) is 17.4 Å². The van der Waals surface area contributed by atoms with E-state index in [1.165, 1.54) is 0 Å². The maximum absolute atomic E-state index is 12.1. The molecule has 0 radical (unpaired) electrons. The third-order valence-corrected chi connectivity index (χ3v) is 3.49.